The number of sulfone groups is 1. The maximum atomic E-state index is 11.4. The van der Waals surface area contributed by atoms with Crippen LogP contribution in [0, 0.1) is 0 Å². The van der Waals surface area contributed by atoms with Gasteiger partial charge in [-0.15, -0.1) is 0 Å². The van der Waals surface area contributed by atoms with Crippen molar-refractivity contribution in [2.24, 2.45) is 4.99 Å². The Morgan fingerprint density at radius 3 is 2.42 bits per heavy atom. The Balaban J connectivity index is 1.64. The van der Waals surface area contributed by atoms with E-state index in [9.17, 15) is 8.42 Å². The molecule has 2 aromatic rings. The highest BCUT2D eigenvalue weighted by atomic mass is 32.2. The maximum absolute atomic E-state index is 11.4. The molecule has 1 unspecified atom stereocenters. The van der Waals surface area contributed by atoms with E-state index in [0.717, 1.165) is 36.7 Å². The second-order valence-electron chi connectivity index (χ2n) is 8.24. The lowest BCUT2D eigenvalue weighted by Gasteiger charge is -2.22. The molecule has 6 nitrogen and oxygen atoms in total. The smallest absolute Gasteiger partial charge is 0.192 e. The molecule has 0 saturated carbocycles. The summed E-state index contributed by atoms with van der Waals surface area (Å²) in [6.07, 6.45) is 3.79. The van der Waals surface area contributed by atoms with Crippen molar-refractivity contribution >= 4 is 21.5 Å². The van der Waals surface area contributed by atoms with Gasteiger partial charge >= 0.3 is 0 Å². The number of nitrogens with zero attached hydrogens (tertiary/aromatic N) is 2. The molecule has 7 heteroatoms. The lowest BCUT2D eigenvalue weighted by molar-refractivity contribution is 0.601. The van der Waals surface area contributed by atoms with Gasteiger partial charge in [0.1, 0.15) is 0 Å². The van der Waals surface area contributed by atoms with Crippen LogP contribution in [0.3, 0.4) is 0 Å². The van der Waals surface area contributed by atoms with Crippen LogP contribution in [0.4, 0.5) is 5.69 Å². The molecule has 1 heterocycles. The number of hydrogen-bond donors (Lipinski definition) is 2. The quantitative estimate of drug-likeness (QED) is 0.482. The molecule has 0 aromatic heterocycles. The fourth-order valence-electron chi connectivity index (χ4n) is 3.79. The van der Waals surface area contributed by atoms with E-state index < -0.39 is 9.84 Å². The summed E-state index contributed by atoms with van der Waals surface area (Å²) in [6.45, 7) is 7.77. The first-order valence-corrected chi connectivity index (χ1v) is 13.1. The number of benzene rings is 2. The zero-order valence-electron chi connectivity index (χ0n) is 18.8. The summed E-state index contributed by atoms with van der Waals surface area (Å²) < 4.78 is 22.9. The Bertz CT molecular complexity index is 981. The maximum Gasteiger partial charge on any atom is 0.192 e. The highest BCUT2D eigenvalue weighted by Gasteiger charge is 2.14. The SMILES string of the molecule is CCNC(=NCc1ccc(CS(C)(=O)=O)cc1)NC(C)c1cccc(N2CCCC2)c1. The van der Waals surface area contributed by atoms with Gasteiger partial charge < -0.3 is 15.5 Å². The van der Waals surface area contributed by atoms with Crippen molar-refractivity contribution in [3.8, 4) is 0 Å². The molecule has 0 spiro atoms. The van der Waals surface area contributed by atoms with E-state index >= 15 is 0 Å². The third kappa shape index (κ3) is 7.28. The molecule has 1 aliphatic heterocycles. The van der Waals surface area contributed by atoms with Gasteiger partial charge in [0.05, 0.1) is 18.3 Å². The number of rotatable bonds is 8. The molecule has 1 fully saturated rings. The average molecular weight is 443 g/mol. The summed E-state index contributed by atoms with van der Waals surface area (Å²) in [7, 11) is -3.02. The molecule has 1 aliphatic rings. The fourth-order valence-corrected chi connectivity index (χ4v) is 4.59. The number of nitrogens with one attached hydrogen (secondary N) is 2. The first kappa shape index (κ1) is 23.1. The Morgan fingerprint density at radius 2 is 1.77 bits per heavy atom. The zero-order chi connectivity index (χ0) is 22.3. The van der Waals surface area contributed by atoms with Crippen LogP contribution in [-0.2, 0) is 22.1 Å². The van der Waals surface area contributed by atoms with Crippen molar-refractivity contribution in [3.63, 3.8) is 0 Å². The van der Waals surface area contributed by atoms with Gasteiger partial charge in [0.2, 0.25) is 0 Å². The Labute approximate surface area is 186 Å². The highest BCUT2D eigenvalue weighted by molar-refractivity contribution is 7.89. The van der Waals surface area contributed by atoms with Crippen molar-refractivity contribution in [2.75, 3.05) is 30.8 Å². The Morgan fingerprint density at radius 1 is 1.10 bits per heavy atom. The predicted octanol–water partition coefficient (Wildman–Crippen LogP) is 3.65. The second-order valence-corrected chi connectivity index (χ2v) is 10.4. The molecular weight excluding hydrogens is 408 g/mol. The molecular formula is C24H34N4O2S. The zero-order valence-corrected chi connectivity index (χ0v) is 19.6. The minimum atomic E-state index is -3.02. The molecule has 1 atom stereocenters. The van der Waals surface area contributed by atoms with E-state index in [0.29, 0.717) is 6.54 Å². The predicted molar refractivity (Wildman–Crippen MR) is 129 cm³/mol. The van der Waals surface area contributed by atoms with Crippen LogP contribution in [-0.4, -0.2) is 40.3 Å². The van der Waals surface area contributed by atoms with Crippen LogP contribution in [0.25, 0.3) is 0 Å². The van der Waals surface area contributed by atoms with Crippen molar-refractivity contribution in [3.05, 3.63) is 65.2 Å². The van der Waals surface area contributed by atoms with E-state index in [4.69, 9.17) is 4.99 Å². The third-order valence-corrected chi connectivity index (χ3v) is 6.27. The van der Waals surface area contributed by atoms with E-state index in [2.05, 4.69) is 53.6 Å². The first-order chi connectivity index (χ1) is 14.8. The number of aliphatic imine (C=N–C) groups is 1. The van der Waals surface area contributed by atoms with E-state index in [-0.39, 0.29) is 11.8 Å². The third-order valence-electron chi connectivity index (χ3n) is 5.41. The number of guanidine groups is 1. The molecule has 168 valence electrons. The van der Waals surface area contributed by atoms with Gasteiger partial charge in [-0.1, -0.05) is 36.4 Å². The summed E-state index contributed by atoms with van der Waals surface area (Å²) in [6, 6.07) is 16.5. The first-order valence-electron chi connectivity index (χ1n) is 11.0. The summed E-state index contributed by atoms with van der Waals surface area (Å²) in [5.41, 5.74) is 4.37. The van der Waals surface area contributed by atoms with Gasteiger partial charge in [0.25, 0.3) is 0 Å². The summed E-state index contributed by atoms with van der Waals surface area (Å²) in [5, 5.41) is 6.82. The standard InChI is InChI=1S/C24H34N4O2S/c1-4-25-24(26-17-20-10-12-21(13-11-20)18-31(3,29)30)27-19(2)22-8-7-9-23(16-22)28-14-5-6-15-28/h7-13,16,19H,4-6,14-15,17-18H2,1-3H3,(H2,25,26,27). The van der Waals surface area contributed by atoms with E-state index in [1.807, 2.05) is 24.3 Å². The second kappa shape index (κ2) is 10.7. The van der Waals surface area contributed by atoms with Crippen LogP contribution in [0.15, 0.2) is 53.5 Å². The lowest BCUT2D eigenvalue weighted by atomic mass is 10.1. The molecule has 2 N–H and O–H groups in total. The van der Waals surface area contributed by atoms with Crippen molar-refractivity contribution in [1.82, 2.24) is 10.6 Å². The minimum Gasteiger partial charge on any atom is -0.372 e. The topological polar surface area (TPSA) is 73.8 Å². The molecule has 0 aliphatic carbocycles. The summed E-state index contributed by atoms with van der Waals surface area (Å²) in [4.78, 5) is 7.17. The van der Waals surface area contributed by atoms with Crippen LogP contribution in [0.2, 0.25) is 0 Å². The lowest BCUT2D eigenvalue weighted by Crippen LogP contribution is -2.38. The van der Waals surface area contributed by atoms with Crippen molar-refractivity contribution < 1.29 is 8.42 Å². The van der Waals surface area contributed by atoms with Crippen molar-refractivity contribution in [1.29, 1.82) is 0 Å². The molecule has 0 bridgehead atoms. The van der Waals surface area contributed by atoms with Gasteiger partial charge in [0.15, 0.2) is 15.8 Å². The largest absolute Gasteiger partial charge is 0.372 e. The highest BCUT2D eigenvalue weighted by Crippen LogP contribution is 2.24. The number of anilines is 1. The molecule has 0 amide bonds. The van der Waals surface area contributed by atoms with Gasteiger partial charge in [-0.3, -0.25) is 0 Å². The van der Waals surface area contributed by atoms with Gasteiger partial charge in [-0.25, -0.2) is 13.4 Å². The fraction of sp³-hybridized carbons (Fsp3) is 0.458. The van der Waals surface area contributed by atoms with E-state index in [1.165, 1.54) is 30.3 Å². The van der Waals surface area contributed by atoms with Gasteiger partial charge in [-0.05, 0) is 55.5 Å². The molecule has 0 radical (unpaired) electrons. The van der Waals surface area contributed by atoms with Crippen LogP contribution in [0.1, 0.15) is 49.4 Å². The van der Waals surface area contributed by atoms with Gasteiger partial charge in [0, 0.05) is 31.6 Å². The molecule has 1 saturated heterocycles. The van der Waals surface area contributed by atoms with Crippen LogP contribution < -0.4 is 15.5 Å². The molecule has 2 aromatic carbocycles. The summed E-state index contributed by atoms with van der Waals surface area (Å²) in [5.74, 6) is 0.830. The van der Waals surface area contributed by atoms with E-state index in [1.54, 1.807) is 0 Å². The number of hydrogen-bond acceptors (Lipinski definition) is 4. The normalized spacial score (nSPS) is 15.7. The Hall–Kier alpha value is -2.54. The van der Waals surface area contributed by atoms with Gasteiger partial charge in [-0.2, -0.15) is 0 Å². The Kier molecular flexibility index (Phi) is 7.96. The summed E-state index contributed by atoms with van der Waals surface area (Å²) >= 11 is 0. The average Bonchev–Trinajstić information content (AvgIpc) is 3.27. The molecule has 31 heavy (non-hydrogen) atoms. The van der Waals surface area contributed by atoms with Crippen LogP contribution in [0.5, 0.6) is 0 Å². The monoisotopic (exact) mass is 442 g/mol. The van der Waals surface area contributed by atoms with Crippen LogP contribution >= 0.6 is 0 Å². The molecule has 3 rings (SSSR count). The minimum absolute atomic E-state index is 0.0642. The van der Waals surface area contributed by atoms with Crippen molar-refractivity contribution in [2.45, 2.75) is 45.0 Å².